The normalized spacial score (nSPS) is 10.7. The number of aliphatic hydroxyl groups is 6. The van der Waals surface area contributed by atoms with Crippen molar-refractivity contribution >= 4 is 11.5 Å². The Morgan fingerprint density at radius 1 is 0.487 bits per heavy atom. The molecule has 0 unspecified atom stereocenters. The zero-order chi connectivity index (χ0) is 27.8. The molecule has 199 valence electrons. The Labute approximate surface area is 262 Å². The summed E-state index contributed by atoms with van der Waals surface area (Å²) in [5, 5.41) is 54.4. The monoisotopic (exact) mass is 653 g/mol. The Hall–Kier alpha value is -3.11. The number of hydrogen-bond acceptors (Lipinski definition) is 6. The molecule has 0 amide bonds. The van der Waals surface area contributed by atoms with E-state index < -0.39 is 6.29 Å². The molecule has 0 saturated carbocycles. The number of aliphatic hydroxyl groups excluding tert-OH is 5. The number of benzene rings is 4. The summed E-state index contributed by atoms with van der Waals surface area (Å²) >= 11 is 0. The molecule has 4 rings (SSSR count). The Morgan fingerprint density at radius 2 is 0.718 bits per heavy atom. The topological polar surface area (TPSA) is 121 Å². The minimum Gasteiger partial charge on any atom is -0.550 e. The van der Waals surface area contributed by atoms with E-state index in [4.69, 9.17) is 10.2 Å². The first-order valence-electron chi connectivity index (χ1n) is 11.6. The fourth-order valence-corrected chi connectivity index (χ4v) is 3.03. The van der Waals surface area contributed by atoms with E-state index in [0.29, 0.717) is 22.3 Å². The predicted molar refractivity (Wildman–Crippen MR) is 148 cm³/mol. The smallest absolute Gasteiger partial charge is 0.550 e. The maximum atomic E-state index is 9.83. The first kappa shape index (κ1) is 33.9. The van der Waals surface area contributed by atoms with Crippen LogP contribution in [0.1, 0.15) is 29.2 Å². The van der Waals surface area contributed by atoms with Gasteiger partial charge in [-0.1, -0.05) is 91.2 Å². The van der Waals surface area contributed by atoms with Crippen LogP contribution in [-0.4, -0.2) is 30.6 Å². The third-order valence-electron chi connectivity index (χ3n) is 4.83. The summed E-state index contributed by atoms with van der Waals surface area (Å²) in [5.74, 6) is 0.0962. The second-order valence-electron chi connectivity index (χ2n) is 7.84. The fraction of sp³-hybridized carbons (Fsp3) is 0.0312. The van der Waals surface area contributed by atoms with E-state index in [1.54, 1.807) is 48.5 Å². The molecule has 4 aromatic rings. The van der Waals surface area contributed by atoms with Gasteiger partial charge in [0.1, 0.15) is 0 Å². The number of hydrogen-bond donors (Lipinski definition) is 6. The molecule has 0 saturated heterocycles. The van der Waals surface area contributed by atoms with Crippen LogP contribution in [0, 0.1) is 59.3 Å². The molecule has 0 aromatic heterocycles. The predicted octanol–water partition coefficient (Wildman–Crippen LogP) is 7.32. The van der Waals surface area contributed by atoms with Crippen LogP contribution in [0.4, 0.5) is 0 Å². The molecular formula is C32H31NdO6. The van der Waals surface area contributed by atoms with Crippen molar-refractivity contribution in [2.24, 2.45) is 0 Å². The van der Waals surface area contributed by atoms with E-state index in [9.17, 15) is 20.4 Å². The summed E-state index contributed by atoms with van der Waals surface area (Å²) in [6, 6.07) is 36.4. The molecule has 0 aliphatic rings. The third-order valence-corrected chi connectivity index (χ3v) is 4.83. The Morgan fingerprint density at radius 3 is 0.974 bits per heavy atom. The van der Waals surface area contributed by atoms with Crippen molar-refractivity contribution < 1.29 is 71.5 Å². The molecule has 39 heavy (non-hydrogen) atoms. The van der Waals surface area contributed by atoms with Crippen LogP contribution in [0.3, 0.4) is 0 Å². The van der Waals surface area contributed by atoms with Crippen LogP contribution in [-0.2, 0) is 0 Å². The molecule has 0 heterocycles. The van der Waals surface area contributed by atoms with Gasteiger partial charge in [-0.2, -0.15) is 0 Å². The van der Waals surface area contributed by atoms with Gasteiger partial charge in [0.05, 0.1) is 11.5 Å². The van der Waals surface area contributed by atoms with Crippen LogP contribution in [0.2, 0.25) is 0 Å². The summed E-state index contributed by atoms with van der Waals surface area (Å²) in [4.78, 5) is 0. The van der Waals surface area contributed by atoms with E-state index in [1.165, 1.54) is 19.1 Å². The van der Waals surface area contributed by atoms with Crippen LogP contribution < -0.4 is 0 Å². The molecule has 0 spiro atoms. The van der Waals surface area contributed by atoms with Gasteiger partial charge >= 0.3 is 40.8 Å². The molecule has 1 radical (unpaired) electrons. The Bertz CT molecular complexity index is 1130. The zero-order valence-electron chi connectivity index (χ0n) is 21.4. The molecular weight excluding hydrogens is 625 g/mol. The second-order valence-corrected chi connectivity index (χ2v) is 7.84. The summed E-state index contributed by atoms with van der Waals surface area (Å²) in [6.45, 7) is 1.19. The van der Waals surface area contributed by atoms with Crippen molar-refractivity contribution in [3.8, 4) is 0 Å². The summed E-state index contributed by atoms with van der Waals surface area (Å²) in [7, 11) is 0. The Balaban J connectivity index is 0.000000336. The average molecular weight is 656 g/mol. The second kappa shape index (κ2) is 19.0. The van der Waals surface area contributed by atoms with Gasteiger partial charge in [0.25, 0.3) is 0 Å². The van der Waals surface area contributed by atoms with Gasteiger partial charge in [0, 0.05) is 0 Å². The largest absolute Gasteiger partial charge is 3.00 e. The molecule has 4 aromatic carbocycles. The van der Waals surface area contributed by atoms with Crippen molar-refractivity contribution in [3.63, 3.8) is 0 Å². The number of rotatable bonds is 6. The molecule has 6 nitrogen and oxygen atoms in total. The zero-order valence-corrected chi connectivity index (χ0v) is 24.6. The van der Waals surface area contributed by atoms with Gasteiger partial charge in [0.2, 0.25) is 0 Å². The van der Waals surface area contributed by atoms with Gasteiger partial charge in [-0.3, -0.25) is 0 Å². The minimum atomic E-state index is -0.583. The van der Waals surface area contributed by atoms with Crippen LogP contribution in [0.25, 0.3) is 11.5 Å². The van der Waals surface area contributed by atoms with Crippen LogP contribution >= 0.6 is 0 Å². The van der Waals surface area contributed by atoms with E-state index in [0.717, 1.165) is 0 Å². The molecule has 0 aliphatic heterocycles. The van der Waals surface area contributed by atoms with Crippen LogP contribution in [0.15, 0.2) is 133 Å². The van der Waals surface area contributed by atoms with Crippen molar-refractivity contribution in [1.29, 1.82) is 0 Å². The van der Waals surface area contributed by atoms with Crippen molar-refractivity contribution in [3.05, 3.63) is 174 Å². The molecule has 0 aliphatic carbocycles. The maximum absolute atomic E-state index is 9.83. The SMILES string of the molecule is C[C-](O)O.O/C(=C\[C-](O)c1ccccc1)c1ccccc1.O/C(=C\[C-](O)c1ccccc1)c1ccccc1.[Nd+3]. The molecule has 0 bridgehead atoms. The minimum absolute atomic E-state index is 0. The Kier molecular flexibility index (Phi) is 16.5. The van der Waals surface area contributed by atoms with E-state index in [1.807, 2.05) is 72.8 Å². The quantitative estimate of drug-likeness (QED) is 0.0957. The fourth-order valence-electron chi connectivity index (χ4n) is 3.03. The van der Waals surface area contributed by atoms with Crippen molar-refractivity contribution in [2.45, 2.75) is 6.92 Å². The van der Waals surface area contributed by atoms with Gasteiger partial charge in [-0.25, -0.2) is 0 Å². The van der Waals surface area contributed by atoms with Gasteiger partial charge < -0.3 is 30.6 Å². The van der Waals surface area contributed by atoms with E-state index >= 15 is 0 Å². The summed E-state index contributed by atoms with van der Waals surface area (Å²) < 4.78 is 0. The van der Waals surface area contributed by atoms with E-state index in [-0.39, 0.29) is 64.6 Å². The standard InChI is InChI=1S/2C15H13O2.C2H5O2.Nd/c2*16-14(12-7-3-1-4-8-12)11-15(17)13-9-5-2-6-10-13;1-2(3)4;/h2*1-11,16-17H;3-4H,1H3;/q3*-1;+3/b2*14-11-;;. The van der Waals surface area contributed by atoms with Crippen molar-refractivity contribution in [2.75, 3.05) is 0 Å². The molecule has 0 fully saturated rings. The first-order chi connectivity index (χ1) is 18.3. The van der Waals surface area contributed by atoms with E-state index in [2.05, 4.69) is 0 Å². The van der Waals surface area contributed by atoms with Crippen LogP contribution in [0.5, 0.6) is 0 Å². The van der Waals surface area contributed by atoms with Gasteiger partial charge in [-0.05, 0) is 23.3 Å². The van der Waals surface area contributed by atoms with Gasteiger partial charge in [0.15, 0.2) is 0 Å². The first-order valence-corrected chi connectivity index (χ1v) is 11.6. The molecule has 0 atom stereocenters. The summed E-state index contributed by atoms with van der Waals surface area (Å²) in [5.41, 5.74) is 2.70. The van der Waals surface area contributed by atoms with Crippen molar-refractivity contribution in [1.82, 2.24) is 0 Å². The van der Waals surface area contributed by atoms with Gasteiger partial charge in [-0.15, -0.1) is 66.6 Å². The molecule has 6 N–H and O–H groups in total. The summed E-state index contributed by atoms with van der Waals surface area (Å²) in [6.07, 6.45) is 2.22. The molecule has 7 heteroatoms. The average Bonchev–Trinajstić information content (AvgIpc) is 2.95. The maximum Gasteiger partial charge on any atom is 3.00 e. The third kappa shape index (κ3) is 13.5.